The zero-order valence-electron chi connectivity index (χ0n) is 13.5. The number of halogens is 1. The molecular weight excluding hydrogens is 319 g/mol. The summed E-state index contributed by atoms with van der Waals surface area (Å²) >= 11 is 0. The van der Waals surface area contributed by atoms with Crippen molar-refractivity contribution in [3.63, 3.8) is 0 Å². The van der Waals surface area contributed by atoms with Crippen molar-refractivity contribution in [3.05, 3.63) is 35.4 Å². The minimum atomic E-state index is -2.85. The monoisotopic (exact) mass is 342 g/mol. The summed E-state index contributed by atoms with van der Waals surface area (Å²) in [4.78, 5) is 13.6. The van der Waals surface area contributed by atoms with Gasteiger partial charge in [0.15, 0.2) is 15.5 Å². The molecule has 0 aliphatic carbocycles. The van der Waals surface area contributed by atoms with Gasteiger partial charge >= 0.3 is 0 Å². The highest BCUT2D eigenvalue weighted by Crippen LogP contribution is 2.12. The van der Waals surface area contributed by atoms with Gasteiger partial charge in [-0.05, 0) is 25.0 Å². The maximum Gasteiger partial charge on any atom is 0.257 e. The minimum absolute atomic E-state index is 0.218. The molecule has 1 aliphatic heterocycles. The van der Waals surface area contributed by atoms with E-state index in [0.717, 1.165) is 11.1 Å². The summed E-state index contributed by atoms with van der Waals surface area (Å²) in [7, 11) is -2.85. The summed E-state index contributed by atoms with van der Waals surface area (Å²) in [5.41, 5.74) is 0.104. The number of benzene rings is 1. The van der Waals surface area contributed by atoms with Crippen LogP contribution in [0, 0.1) is 0 Å². The Bertz CT molecular complexity index is 637. The van der Waals surface area contributed by atoms with Gasteiger partial charge in [0.25, 0.3) is 5.91 Å². The van der Waals surface area contributed by atoms with Crippen LogP contribution in [-0.4, -0.2) is 49.5 Å². The molecule has 1 aliphatic rings. The highest BCUT2D eigenvalue weighted by Gasteiger charge is 2.26. The van der Waals surface area contributed by atoms with E-state index < -0.39 is 21.4 Å². The standard InChI is InChI=1S/C16H23FN2O3S/c1-16(2,17)15(20)18-11-13-3-5-14(6-4-13)12-19-7-9-23(21,22)10-8-19/h3-6H,7-12H2,1-2H3,(H,18,20). The van der Waals surface area contributed by atoms with E-state index in [-0.39, 0.29) is 18.1 Å². The van der Waals surface area contributed by atoms with Crippen molar-refractivity contribution < 1.29 is 17.6 Å². The Hall–Kier alpha value is -1.47. The van der Waals surface area contributed by atoms with Crippen LogP contribution in [-0.2, 0) is 27.7 Å². The molecule has 0 saturated carbocycles. The number of hydrogen-bond donors (Lipinski definition) is 1. The average molecular weight is 342 g/mol. The second kappa shape index (κ2) is 6.97. The third-order valence-electron chi connectivity index (χ3n) is 3.86. The zero-order valence-corrected chi connectivity index (χ0v) is 14.3. The van der Waals surface area contributed by atoms with Gasteiger partial charge in [0.05, 0.1) is 11.5 Å². The molecule has 5 nitrogen and oxygen atoms in total. The van der Waals surface area contributed by atoms with Crippen molar-refractivity contribution in [3.8, 4) is 0 Å². The fourth-order valence-electron chi connectivity index (χ4n) is 2.32. The molecule has 2 rings (SSSR count). The molecule has 1 aromatic rings. The van der Waals surface area contributed by atoms with Crippen LogP contribution in [0.5, 0.6) is 0 Å². The molecule has 0 radical (unpaired) electrons. The lowest BCUT2D eigenvalue weighted by Gasteiger charge is -2.26. The van der Waals surface area contributed by atoms with Crippen LogP contribution in [0.25, 0.3) is 0 Å². The van der Waals surface area contributed by atoms with E-state index >= 15 is 0 Å². The van der Waals surface area contributed by atoms with Gasteiger partial charge in [0.2, 0.25) is 0 Å². The predicted molar refractivity (Wildman–Crippen MR) is 87.4 cm³/mol. The quantitative estimate of drug-likeness (QED) is 0.875. The summed E-state index contributed by atoms with van der Waals surface area (Å²) in [5, 5.41) is 2.56. The molecule has 0 spiro atoms. The van der Waals surface area contributed by atoms with Crippen LogP contribution in [0.1, 0.15) is 25.0 Å². The number of sulfone groups is 1. The number of rotatable bonds is 5. The van der Waals surface area contributed by atoms with E-state index in [2.05, 4.69) is 10.2 Å². The third-order valence-corrected chi connectivity index (χ3v) is 5.47. The summed E-state index contributed by atoms with van der Waals surface area (Å²) in [6.45, 7) is 4.57. The van der Waals surface area contributed by atoms with Crippen molar-refractivity contribution in [1.82, 2.24) is 10.2 Å². The van der Waals surface area contributed by atoms with E-state index in [9.17, 15) is 17.6 Å². The van der Waals surface area contributed by atoms with Gasteiger partial charge in [0.1, 0.15) is 0 Å². The van der Waals surface area contributed by atoms with Gasteiger partial charge in [-0.2, -0.15) is 0 Å². The van der Waals surface area contributed by atoms with Crippen LogP contribution in [0.4, 0.5) is 4.39 Å². The first-order valence-corrected chi connectivity index (χ1v) is 9.46. The number of alkyl halides is 1. The molecule has 1 amide bonds. The first kappa shape index (κ1) is 17.9. The first-order chi connectivity index (χ1) is 10.7. The highest BCUT2D eigenvalue weighted by molar-refractivity contribution is 7.91. The van der Waals surface area contributed by atoms with E-state index in [1.54, 1.807) is 0 Å². The van der Waals surface area contributed by atoms with Gasteiger partial charge in [-0.25, -0.2) is 12.8 Å². The molecule has 23 heavy (non-hydrogen) atoms. The van der Waals surface area contributed by atoms with Gasteiger partial charge in [0, 0.05) is 26.2 Å². The first-order valence-electron chi connectivity index (χ1n) is 7.63. The summed E-state index contributed by atoms with van der Waals surface area (Å²) < 4.78 is 36.2. The second-order valence-electron chi connectivity index (χ2n) is 6.40. The molecule has 0 bridgehead atoms. The maximum atomic E-state index is 13.4. The number of amides is 1. The predicted octanol–water partition coefficient (Wildman–Crippen LogP) is 1.28. The Morgan fingerprint density at radius 3 is 2.22 bits per heavy atom. The molecule has 1 heterocycles. The van der Waals surface area contributed by atoms with Crippen LogP contribution in [0.3, 0.4) is 0 Å². The average Bonchev–Trinajstić information content (AvgIpc) is 2.47. The lowest BCUT2D eigenvalue weighted by molar-refractivity contribution is -0.130. The molecule has 0 atom stereocenters. The Balaban J connectivity index is 1.84. The third kappa shape index (κ3) is 5.58. The van der Waals surface area contributed by atoms with Gasteiger partial charge in [-0.15, -0.1) is 0 Å². The summed E-state index contributed by atoms with van der Waals surface area (Å²) in [6, 6.07) is 7.68. The van der Waals surface area contributed by atoms with Crippen molar-refractivity contribution in [2.24, 2.45) is 0 Å². The minimum Gasteiger partial charge on any atom is -0.349 e. The van der Waals surface area contributed by atoms with Crippen molar-refractivity contribution in [2.75, 3.05) is 24.6 Å². The van der Waals surface area contributed by atoms with Crippen molar-refractivity contribution in [1.29, 1.82) is 0 Å². The highest BCUT2D eigenvalue weighted by atomic mass is 32.2. The lowest BCUT2D eigenvalue weighted by atomic mass is 10.1. The molecule has 0 aromatic heterocycles. The van der Waals surface area contributed by atoms with E-state index in [1.165, 1.54) is 13.8 Å². The normalized spacial score (nSPS) is 18.6. The molecule has 1 N–H and O–H groups in total. The van der Waals surface area contributed by atoms with Gasteiger partial charge in [-0.1, -0.05) is 24.3 Å². The van der Waals surface area contributed by atoms with Crippen LogP contribution in [0.2, 0.25) is 0 Å². The molecule has 0 unspecified atom stereocenters. The number of nitrogens with one attached hydrogen (secondary N) is 1. The van der Waals surface area contributed by atoms with Gasteiger partial charge < -0.3 is 5.32 Å². The van der Waals surface area contributed by atoms with E-state index in [4.69, 9.17) is 0 Å². The number of carbonyl (C=O) groups is 1. The summed E-state index contributed by atoms with van der Waals surface area (Å²) in [5.74, 6) is -0.192. The van der Waals surface area contributed by atoms with E-state index in [0.29, 0.717) is 19.6 Å². The van der Waals surface area contributed by atoms with Crippen LogP contribution < -0.4 is 5.32 Å². The zero-order chi connectivity index (χ0) is 17.1. The molecule has 128 valence electrons. The lowest BCUT2D eigenvalue weighted by Crippen LogP contribution is -2.39. The van der Waals surface area contributed by atoms with Crippen LogP contribution >= 0.6 is 0 Å². The Kier molecular flexibility index (Phi) is 5.41. The van der Waals surface area contributed by atoms with E-state index in [1.807, 2.05) is 24.3 Å². The molecular formula is C16H23FN2O3S. The SMILES string of the molecule is CC(C)(F)C(=O)NCc1ccc(CN2CCS(=O)(=O)CC2)cc1. The summed E-state index contributed by atoms with van der Waals surface area (Å²) in [6.07, 6.45) is 0. The Morgan fingerprint density at radius 1 is 1.17 bits per heavy atom. The van der Waals surface area contributed by atoms with Crippen LogP contribution in [0.15, 0.2) is 24.3 Å². The molecule has 7 heteroatoms. The fraction of sp³-hybridized carbons (Fsp3) is 0.562. The number of hydrogen-bond acceptors (Lipinski definition) is 4. The molecule has 1 saturated heterocycles. The van der Waals surface area contributed by atoms with Crippen molar-refractivity contribution >= 4 is 15.7 Å². The molecule has 1 fully saturated rings. The molecule has 1 aromatic carbocycles. The number of nitrogens with zero attached hydrogens (tertiary/aromatic N) is 1. The smallest absolute Gasteiger partial charge is 0.257 e. The topological polar surface area (TPSA) is 66.5 Å². The maximum absolute atomic E-state index is 13.4. The second-order valence-corrected chi connectivity index (χ2v) is 8.70. The fourth-order valence-corrected chi connectivity index (χ4v) is 3.60. The van der Waals surface area contributed by atoms with Gasteiger partial charge in [-0.3, -0.25) is 9.69 Å². The Labute approximate surface area is 136 Å². The number of carbonyl (C=O) groups excluding carboxylic acids is 1. The van der Waals surface area contributed by atoms with Crippen molar-refractivity contribution in [2.45, 2.75) is 32.6 Å². The largest absolute Gasteiger partial charge is 0.349 e. The Morgan fingerprint density at radius 2 is 1.70 bits per heavy atom.